The number of rotatable bonds is 6. The largest absolute Gasteiger partial charge is 1.00 e. The van der Waals surface area contributed by atoms with Crippen LogP contribution >= 0.6 is 0 Å². The molecule has 1 aliphatic rings. The van der Waals surface area contributed by atoms with E-state index in [4.69, 9.17) is 17.2 Å². The van der Waals surface area contributed by atoms with Crippen LogP contribution in [0.15, 0.2) is 74.9 Å². The quantitative estimate of drug-likeness (QED) is 0.170. The molecule has 1 aliphatic heterocycles. The summed E-state index contributed by atoms with van der Waals surface area (Å²) >= 11 is 0. The molecule has 12 nitrogen and oxygen atoms in total. The minimum atomic E-state index is -5.13. The third kappa shape index (κ3) is 9.58. The molecule has 0 unspecified atom stereocenters. The monoisotopic (exact) mass is 568 g/mol. The molecular formula is C21H26N6Na2O6S2. The average Bonchev–Trinajstić information content (AvgIpc) is 2.80. The second-order valence-electron chi connectivity index (χ2n) is 7.02. The fraction of sp³-hybridized carbons (Fsp3) is 0.190. The normalized spacial score (nSPS) is 13.8. The topological polar surface area (TPSA) is 211 Å². The van der Waals surface area contributed by atoms with Gasteiger partial charge in [0.25, 0.3) is 0 Å². The molecule has 0 saturated heterocycles. The summed E-state index contributed by atoms with van der Waals surface area (Å²) in [6.07, 6.45) is 2.78. The Balaban J connectivity index is 0.000000747. The van der Waals surface area contributed by atoms with Crippen molar-refractivity contribution < 1.29 is 85.1 Å². The van der Waals surface area contributed by atoms with Crippen LogP contribution in [-0.2, 0) is 20.2 Å². The van der Waals surface area contributed by atoms with Gasteiger partial charge in [0.05, 0.1) is 16.3 Å². The Morgan fingerprint density at radius 1 is 0.838 bits per heavy atom. The van der Waals surface area contributed by atoms with E-state index in [0.29, 0.717) is 23.6 Å². The van der Waals surface area contributed by atoms with Crippen LogP contribution in [0.25, 0.3) is 12.2 Å². The van der Waals surface area contributed by atoms with Crippen LogP contribution in [-0.4, -0.2) is 55.0 Å². The molecular weight excluding hydrogens is 542 g/mol. The number of hydrazone groups is 1. The number of nitrogens with zero attached hydrogens (tertiary/aromatic N) is 3. The molecule has 0 saturated carbocycles. The van der Waals surface area contributed by atoms with Crippen LogP contribution in [0.5, 0.6) is 0 Å². The second kappa shape index (κ2) is 15.1. The minimum Gasteiger partial charge on any atom is -0.744 e. The van der Waals surface area contributed by atoms with Crippen LogP contribution in [0.3, 0.4) is 0 Å². The van der Waals surface area contributed by atoms with Gasteiger partial charge in [-0.1, -0.05) is 54.6 Å². The van der Waals surface area contributed by atoms with E-state index in [-0.39, 0.29) is 70.5 Å². The van der Waals surface area contributed by atoms with Crippen molar-refractivity contribution in [3.63, 3.8) is 0 Å². The summed E-state index contributed by atoms with van der Waals surface area (Å²) in [7, 11) is -10.2. The van der Waals surface area contributed by atoms with E-state index >= 15 is 0 Å². The van der Waals surface area contributed by atoms with E-state index in [1.165, 1.54) is 24.3 Å². The summed E-state index contributed by atoms with van der Waals surface area (Å²) in [5, 5.41) is 7.55. The fourth-order valence-corrected chi connectivity index (χ4v) is 5.02. The van der Waals surface area contributed by atoms with Crippen molar-refractivity contribution in [2.45, 2.75) is 23.6 Å². The summed E-state index contributed by atoms with van der Waals surface area (Å²) in [6.45, 7) is 5.37. The Labute approximate surface area is 261 Å². The van der Waals surface area contributed by atoms with Gasteiger partial charge in [-0.25, -0.2) is 22.0 Å². The summed E-state index contributed by atoms with van der Waals surface area (Å²) in [5.41, 5.74) is 17.9. The third-order valence-corrected chi connectivity index (χ3v) is 6.66. The first-order valence-electron chi connectivity index (χ1n) is 10.2. The van der Waals surface area contributed by atoms with E-state index in [1.807, 2.05) is 13.8 Å². The molecule has 0 atom stereocenters. The molecule has 2 aromatic carbocycles. The first kappa shape index (κ1) is 35.4. The smallest absolute Gasteiger partial charge is 0.744 e. The molecule has 3 rings (SSSR count). The first-order chi connectivity index (χ1) is 16.3. The molecule has 0 aromatic heterocycles. The number of nitrogens with two attached hydrogens (primary N) is 3. The maximum Gasteiger partial charge on any atom is 1.00 e. The van der Waals surface area contributed by atoms with Gasteiger partial charge >= 0.3 is 59.1 Å². The van der Waals surface area contributed by atoms with Gasteiger partial charge < -0.3 is 26.3 Å². The molecule has 37 heavy (non-hydrogen) atoms. The maximum atomic E-state index is 11.3. The number of hydrogen-bond donors (Lipinski definition) is 3. The van der Waals surface area contributed by atoms with Gasteiger partial charge in [0.2, 0.25) is 0 Å². The molecule has 0 spiro atoms. The van der Waals surface area contributed by atoms with Crippen LogP contribution in [0, 0.1) is 0 Å². The third-order valence-electron chi connectivity index (χ3n) is 4.70. The maximum absolute atomic E-state index is 11.3. The summed E-state index contributed by atoms with van der Waals surface area (Å²) in [6, 6.07) is 12.0. The fourth-order valence-electron chi connectivity index (χ4n) is 3.08. The van der Waals surface area contributed by atoms with E-state index < -0.39 is 30.0 Å². The predicted molar refractivity (Wildman–Crippen MR) is 130 cm³/mol. The zero-order chi connectivity index (χ0) is 26.4. The van der Waals surface area contributed by atoms with Crippen molar-refractivity contribution in [1.82, 2.24) is 10.1 Å². The van der Waals surface area contributed by atoms with E-state index in [0.717, 1.165) is 12.6 Å². The molecule has 1 heterocycles. The second-order valence-corrected chi connectivity index (χ2v) is 9.68. The Hall–Kier alpha value is -1.59. The van der Waals surface area contributed by atoms with Crippen molar-refractivity contribution in [1.29, 1.82) is 0 Å². The number of benzene rings is 2. The SMILES string of the molecule is CCN1N=C(N)C(N)=C(N)N1CC.O=S(=O)([O-])c1cccc(C=Cc2ccccc2)c1S(=O)(=O)[O-].[Na+].[Na+]. The average molecular weight is 569 g/mol. The van der Waals surface area contributed by atoms with E-state index in [2.05, 4.69) is 5.10 Å². The van der Waals surface area contributed by atoms with Crippen LogP contribution < -0.4 is 76.3 Å². The number of hydrazine groups is 1. The van der Waals surface area contributed by atoms with Crippen molar-refractivity contribution in [3.05, 3.63) is 71.2 Å². The number of amidine groups is 1. The zero-order valence-corrected chi connectivity index (χ0v) is 26.7. The standard InChI is InChI=1S/C14H12O6S2.C7H16N6.2Na/c15-21(16,17)13-8-4-7-12(14(13)22(18,19)20)10-9-11-5-2-1-3-6-11;1-3-12-7(10)5(8)6(9)11-13(12)4-2;;/h1-10H,(H,15,16,17)(H,18,19,20);3-4,8,10H2,1-2H3,(H2,9,11);;/q;;2*+1/p-2. The molecule has 16 heteroatoms. The van der Waals surface area contributed by atoms with Gasteiger partial charge in [0.1, 0.15) is 31.8 Å². The van der Waals surface area contributed by atoms with Crippen molar-refractivity contribution in [2.75, 3.05) is 13.1 Å². The molecule has 0 bridgehead atoms. The molecule has 190 valence electrons. The van der Waals surface area contributed by atoms with Crippen LogP contribution in [0.4, 0.5) is 0 Å². The summed E-state index contributed by atoms with van der Waals surface area (Å²) in [4.78, 5) is -2.07. The van der Waals surface area contributed by atoms with Crippen molar-refractivity contribution in [3.8, 4) is 0 Å². The zero-order valence-electron chi connectivity index (χ0n) is 21.0. The van der Waals surface area contributed by atoms with Gasteiger partial charge in [0, 0.05) is 6.54 Å². The number of hydrogen-bond acceptors (Lipinski definition) is 12. The minimum absolute atomic E-state index is 0. The molecule has 0 radical (unpaired) electrons. The summed E-state index contributed by atoms with van der Waals surface area (Å²) < 4.78 is 67.5. The Kier molecular flexibility index (Phi) is 14.5. The van der Waals surface area contributed by atoms with E-state index in [9.17, 15) is 25.9 Å². The van der Waals surface area contributed by atoms with Crippen LogP contribution in [0.1, 0.15) is 25.0 Å². The predicted octanol–water partition coefficient (Wildman–Crippen LogP) is -5.41. The molecule has 0 aliphatic carbocycles. The van der Waals surface area contributed by atoms with Crippen molar-refractivity contribution >= 4 is 38.2 Å². The molecule has 0 fully saturated rings. The van der Waals surface area contributed by atoms with Gasteiger partial charge in [-0.15, -0.1) is 5.10 Å². The van der Waals surface area contributed by atoms with Gasteiger partial charge in [-0.05, 0) is 31.0 Å². The van der Waals surface area contributed by atoms with Gasteiger partial charge in [-0.3, -0.25) is 5.01 Å². The Bertz CT molecular complexity index is 1370. The Morgan fingerprint density at radius 2 is 1.43 bits per heavy atom. The molecule has 0 amide bonds. The van der Waals surface area contributed by atoms with Crippen molar-refractivity contribution in [2.24, 2.45) is 22.3 Å². The molecule has 6 N–H and O–H groups in total. The summed E-state index contributed by atoms with van der Waals surface area (Å²) in [5.74, 6) is 0.751. The van der Waals surface area contributed by atoms with Gasteiger partial charge in [0.15, 0.2) is 5.84 Å². The Morgan fingerprint density at radius 3 is 1.92 bits per heavy atom. The molecule has 2 aromatic rings. The first-order valence-corrected chi connectivity index (χ1v) is 13.1. The van der Waals surface area contributed by atoms with E-state index in [1.54, 1.807) is 40.5 Å². The van der Waals surface area contributed by atoms with Gasteiger partial charge in [-0.2, -0.15) is 0 Å². The van der Waals surface area contributed by atoms with Crippen LogP contribution in [0.2, 0.25) is 0 Å².